The van der Waals surface area contributed by atoms with E-state index in [-0.39, 0.29) is 0 Å². The van der Waals surface area contributed by atoms with E-state index in [1.807, 2.05) is 48.5 Å². The van der Waals surface area contributed by atoms with Gasteiger partial charge in [0.05, 0.1) is 7.11 Å². The summed E-state index contributed by atoms with van der Waals surface area (Å²) in [7, 11) is 1.65. The minimum Gasteiger partial charge on any atom is -0.497 e. The lowest BCUT2D eigenvalue weighted by atomic mass is 10.1. The van der Waals surface area contributed by atoms with E-state index in [1.54, 1.807) is 7.11 Å². The van der Waals surface area contributed by atoms with E-state index in [2.05, 4.69) is 18.2 Å². The van der Waals surface area contributed by atoms with Crippen LogP contribution in [0.2, 0.25) is 0 Å². The number of fused-ring (bicyclic) bond motifs is 1. The smallest absolute Gasteiger partial charge is 0.122 e. The average molecular weight is 294 g/mol. The second kappa shape index (κ2) is 6.85. The molecule has 0 radical (unpaired) electrons. The third kappa shape index (κ3) is 3.50. The molecule has 0 fully saturated rings. The summed E-state index contributed by atoms with van der Waals surface area (Å²) < 4.78 is 16.5. The molecule has 22 heavy (non-hydrogen) atoms. The number of methoxy groups -OCH3 is 1. The largest absolute Gasteiger partial charge is 0.497 e. The summed E-state index contributed by atoms with van der Waals surface area (Å²) in [5.74, 6) is 2.49. The average Bonchev–Trinajstić information content (AvgIpc) is 2.59. The molecular weight excluding hydrogens is 276 g/mol. The summed E-state index contributed by atoms with van der Waals surface area (Å²) in [5, 5.41) is 2.39. The maximum absolute atomic E-state index is 5.73. The van der Waals surface area contributed by atoms with Crippen molar-refractivity contribution in [1.29, 1.82) is 0 Å². The van der Waals surface area contributed by atoms with Crippen LogP contribution in [0.15, 0.2) is 66.7 Å². The third-order valence-corrected chi connectivity index (χ3v) is 3.40. The quantitative estimate of drug-likeness (QED) is 0.634. The van der Waals surface area contributed by atoms with E-state index in [9.17, 15) is 0 Å². The summed E-state index contributed by atoms with van der Waals surface area (Å²) in [4.78, 5) is 0. The minimum absolute atomic E-state index is 0.499. The molecule has 3 nitrogen and oxygen atoms in total. The second-order valence-electron chi connectivity index (χ2n) is 4.88. The van der Waals surface area contributed by atoms with E-state index in [0.29, 0.717) is 13.2 Å². The van der Waals surface area contributed by atoms with Gasteiger partial charge in [0.2, 0.25) is 0 Å². The zero-order valence-corrected chi connectivity index (χ0v) is 12.5. The molecule has 0 spiro atoms. The number of ether oxygens (including phenoxy) is 3. The molecule has 0 aromatic heterocycles. The van der Waals surface area contributed by atoms with Gasteiger partial charge >= 0.3 is 0 Å². The summed E-state index contributed by atoms with van der Waals surface area (Å²) in [6, 6.07) is 21.8. The molecule has 0 heterocycles. The Balaban J connectivity index is 1.51. The zero-order chi connectivity index (χ0) is 15.2. The molecule has 3 aromatic rings. The number of hydrogen-bond donors (Lipinski definition) is 0. The Morgan fingerprint density at radius 1 is 0.636 bits per heavy atom. The molecule has 0 saturated carbocycles. The van der Waals surface area contributed by atoms with Crippen LogP contribution in [0.4, 0.5) is 0 Å². The highest BCUT2D eigenvalue weighted by Crippen LogP contribution is 2.21. The van der Waals surface area contributed by atoms with Crippen molar-refractivity contribution in [2.75, 3.05) is 20.3 Å². The molecule has 0 unspecified atom stereocenters. The van der Waals surface area contributed by atoms with Crippen molar-refractivity contribution in [2.24, 2.45) is 0 Å². The van der Waals surface area contributed by atoms with Gasteiger partial charge in [-0.25, -0.2) is 0 Å². The highest BCUT2D eigenvalue weighted by atomic mass is 16.5. The minimum atomic E-state index is 0.499. The van der Waals surface area contributed by atoms with Crippen LogP contribution in [0.1, 0.15) is 0 Å². The predicted molar refractivity (Wildman–Crippen MR) is 87.9 cm³/mol. The predicted octanol–water partition coefficient (Wildman–Crippen LogP) is 4.31. The Hall–Kier alpha value is -2.68. The monoisotopic (exact) mass is 294 g/mol. The normalized spacial score (nSPS) is 10.4. The lowest BCUT2D eigenvalue weighted by Crippen LogP contribution is -2.08. The highest BCUT2D eigenvalue weighted by Gasteiger charge is 1.98. The maximum atomic E-state index is 5.73. The number of hydrogen-bond acceptors (Lipinski definition) is 3. The van der Waals surface area contributed by atoms with Crippen LogP contribution in [-0.4, -0.2) is 20.3 Å². The van der Waals surface area contributed by atoms with Gasteiger partial charge in [-0.3, -0.25) is 0 Å². The van der Waals surface area contributed by atoms with Crippen molar-refractivity contribution >= 4 is 10.8 Å². The molecule has 0 amide bonds. The van der Waals surface area contributed by atoms with E-state index in [4.69, 9.17) is 14.2 Å². The van der Waals surface area contributed by atoms with Crippen LogP contribution >= 0.6 is 0 Å². The molecule has 0 aliphatic rings. The summed E-state index contributed by atoms with van der Waals surface area (Å²) in [5.41, 5.74) is 0. The first kappa shape index (κ1) is 14.3. The Morgan fingerprint density at radius 3 is 1.95 bits per heavy atom. The van der Waals surface area contributed by atoms with Crippen molar-refractivity contribution in [2.45, 2.75) is 0 Å². The van der Waals surface area contributed by atoms with Crippen LogP contribution in [-0.2, 0) is 0 Å². The molecule has 0 N–H and O–H groups in total. The molecule has 112 valence electrons. The van der Waals surface area contributed by atoms with Crippen molar-refractivity contribution < 1.29 is 14.2 Å². The number of benzene rings is 3. The molecule has 0 aliphatic carbocycles. The van der Waals surface area contributed by atoms with E-state index < -0.39 is 0 Å². The lowest BCUT2D eigenvalue weighted by Gasteiger charge is -2.09. The first-order valence-electron chi connectivity index (χ1n) is 7.23. The molecule has 0 aliphatic heterocycles. The van der Waals surface area contributed by atoms with Gasteiger partial charge in [0.15, 0.2) is 0 Å². The summed E-state index contributed by atoms with van der Waals surface area (Å²) in [6.07, 6.45) is 0. The molecule has 0 saturated heterocycles. The Bertz CT molecular complexity index is 735. The molecule has 3 heteroatoms. The van der Waals surface area contributed by atoms with E-state index in [0.717, 1.165) is 17.2 Å². The van der Waals surface area contributed by atoms with Crippen molar-refractivity contribution in [3.63, 3.8) is 0 Å². The fourth-order valence-electron chi connectivity index (χ4n) is 2.25. The van der Waals surface area contributed by atoms with Gasteiger partial charge in [0, 0.05) is 0 Å². The van der Waals surface area contributed by atoms with Gasteiger partial charge in [-0.05, 0) is 47.2 Å². The van der Waals surface area contributed by atoms with Crippen molar-refractivity contribution in [1.82, 2.24) is 0 Å². The topological polar surface area (TPSA) is 27.7 Å². The third-order valence-electron chi connectivity index (χ3n) is 3.40. The van der Waals surface area contributed by atoms with Gasteiger partial charge in [0.1, 0.15) is 30.5 Å². The summed E-state index contributed by atoms with van der Waals surface area (Å²) >= 11 is 0. The van der Waals surface area contributed by atoms with Crippen LogP contribution in [0.5, 0.6) is 17.2 Å². The van der Waals surface area contributed by atoms with Gasteiger partial charge in [-0.15, -0.1) is 0 Å². The highest BCUT2D eigenvalue weighted by molar-refractivity contribution is 5.83. The van der Waals surface area contributed by atoms with E-state index >= 15 is 0 Å². The lowest BCUT2D eigenvalue weighted by molar-refractivity contribution is 0.217. The second-order valence-corrected chi connectivity index (χ2v) is 4.88. The molecule has 0 atom stereocenters. The van der Waals surface area contributed by atoms with Crippen LogP contribution in [0.25, 0.3) is 10.8 Å². The van der Waals surface area contributed by atoms with Gasteiger partial charge in [0.25, 0.3) is 0 Å². The van der Waals surface area contributed by atoms with Crippen LogP contribution in [0, 0.1) is 0 Å². The fourth-order valence-corrected chi connectivity index (χ4v) is 2.25. The maximum Gasteiger partial charge on any atom is 0.122 e. The van der Waals surface area contributed by atoms with Crippen LogP contribution < -0.4 is 14.2 Å². The Labute approximate surface area is 130 Å². The van der Waals surface area contributed by atoms with Gasteiger partial charge < -0.3 is 14.2 Å². The van der Waals surface area contributed by atoms with E-state index in [1.165, 1.54) is 10.8 Å². The first-order chi connectivity index (χ1) is 10.8. The molecule has 3 rings (SSSR count). The van der Waals surface area contributed by atoms with Crippen LogP contribution in [0.3, 0.4) is 0 Å². The van der Waals surface area contributed by atoms with Gasteiger partial charge in [-0.2, -0.15) is 0 Å². The SMILES string of the molecule is COc1ccc(OCCOc2ccc3ccccc3c2)cc1. The molecule has 3 aromatic carbocycles. The molecular formula is C19H18O3. The Kier molecular flexibility index (Phi) is 4.44. The summed E-state index contributed by atoms with van der Waals surface area (Å²) in [6.45, 7) is 1.00. The van der Waals surface area contributed by atoms with Gasteiger partial charge in [-0.1, -0.05) is 30.3 Å². The number of rotatable bonds is 6. The zero-order valence-electron chi connectivity index (χ0n) is 12.5. The van der Waals surface area contributed by atoms with Crippen molar-refractivity contribution in [3.05, 3.63) is 66.7 Å². The molecule has 0 bridgehead atoms. The first-order valence-corrected chi connectivity index (χ1v) is 7.23. The van der Waals surface area contributed by atoms with Crippen molar-refractivity contribution in [3.8, 4) is 17.2 Å². The Morgan fingerprint density at radius 2 is 1.23 bits per heavy atom. The fraction of sp³-hybridized carbons (Fsp3) is 0.158. The standard InChI is InChI=1S/C19H18O3/c1-20-17-8-10-18(11-9-17)21-12-13-22-19-7-6-15-4-2-3-5-16(15)14-19/h2-11,14H,12-13H2,1H3.